The fraction of sp³-hybridized carbons (Fsp3) is 0.222. The summed E-state index contributed by atoms with van der Waals surface area (Å²) < 4.78 is 3.59. The minimum Gasteiger partial charge on any atom is -0.380 e. The fourth-order valence-electron chi connectivity index (χ4n) is 3.28. The van der Waals surface area contributed by atoms with E-state index in [0.29, 0.717) is 10.5 Å². The molecule has 6 heteroatoms. The molecule has 1 aliphatic rings. The molecule has 1 aliphatic heterocycles. The molecule has 0 saturated heterocycles. The summed E-state index contributed by atoms with van der Waals surface area (Å²) in [4.78, 5) is 17.5. The van der Waals surface area contributed by atoms with Crippen LogP contribution in [0.3, 0.4) is 0 Å². The summed E-state index contributed by atoms with van der Waals surface area (Å²) >= 11 is 6.23. The van der Waals surface area contributed by atoms with Gasteiger partial charge in [0.1, 0.15) is 0 Å². The highest BCUT2D eigenvalue weighted by molar-refractivity contribution is 6.31. The quantitative estimate of drug-likeness (QED) is 0.739. The Morgan fingerprint density at radius 1 is 1.29 bits per heavy atom. The smallest absolute Gasteiger partial charge is 0.283 e. The number of nitrogens with one attached hydrogen (secondary N) is 1. The molecule has 0 saturated carbocycles. The SMILES string of the molecule is Cn1cnc2c(=O)n(C3=CC=CNC3(C)C)c3cc(Cl)ccc3c21. The Kier molecular flexibility index (Phi) is 3.12. The molecule has 0 radical (unpaired) electrons. The first-order chi connectivity index (χ1) is 11.4. The van der Waals surface area contributed by atoms with Crippen molar-refractivity contribution < 1.29 is 0 Å². The molecule has 1 aromatic carbocycles. The summed E-state index contributed by atoms with van der Waals surface area (Å²) in [5, 5.41) is 4.84. The highest BCUT2D eigenvalue weighted by Gasteiger charge is 2.28. The Balaban J connectivity index is 2.24. The van der Waals surface area contributed by atoms with Crippen LogP contribution >= 0.6 is 11.6 Å². The molecule has 0 fully saturated rings. The van der Waals surface area contributed by atoms with Gasteiger partial charge in [-0.2, -0.15) is 0 Å². The van der Waals surface area contributed by atoms with Crippen molar-refractivity contribution in [2.45, 2.75) is 19.4 Å². The predicted octanol–water partition coefficient (Wildman–Crippen LogP) is 3.28. The minimum atomic E-state index is -0.393. The normalized spacial score (nSPS) is 16.4. The molecule has 0 aliphatic carbocycles. The molecule has 2 aromatic heterocycles. The van der Waals surface area contributed by atoms with Crippen LogP contribution < -0.4 is 10.9 Å². The summed E-state index contributed by atoms with van der Waals surface area (Å²) in [6.45, 7) is 4.07. The van der Waals surface area contributed by atoms with Crippen LogP contribution in [0.1, 0.15) is 13.8 Å². The van der Waals surface area contributed by atoms with E-state index in [2.05, 4.69) is 10.3 Å². The van der Waals surface area contributed by atoms with Crippen molar-refractivity contribution in [3.05, 3.63) is 58.3 Å². The number of imidazole rings is 1. The number of hydrogen-bond donors (Lipinski definition) is 1. The molecular weight excluding hydrogens is 324 g/mol. The average Bonchev–Trinajstić information content (AvgIpc) is 2.91. The number of nitrogens with zero attached hydrogens (tertiary/aromatic N) is 3. The van der Waals surface area contributed by atoms with Gasteiger partial charge in [0.15, 0.2) is 5.52 Å². The maximum atomic E-state index is 13.2. The first-order valence-corrected chi connectivity index (χ1v) is 8.08. The molecule has 3 heterocycles. The van der Waals surface area contributed by atoms with Gasteiger partial charge in [-0.3, -0.25) is 9.36 Å². The van der Waals surface area contributed by atoms with Crippen molar-refractivity contribution in [3.63, 3.8) is 0 Å². The number of pyridine rings is 1. The van der Waals surface area contributed by atoms with Crippen molar-refractivity contribution in [1.82, 2.24) is 19.4 Å². The number of allylic oxidation sites excluding steroid dienone is 2. The Labute approximate surface area is 143 Å². The predicted molar refractivity (Wildman–Crippen MR) is 98.1 cm³/mol. The summed E-state index contributed by atoms with van der Waals surface area (Å²) in [7, 11) is 1.89. The Morgan fingerprint density at radius 3 is 2.83 bits per heavy atom. The van der Waals surface area contributed by atoms with Crippen molar-refractivity contribution in [2.75, 3.05) is 0 Å². The van der Waals surface area contributed by atoms with E-state index in [1.54, 1.807) is 10.9 Å². The number of benzene rings is 1. The molecule has 122 valence electrons. The van der Waals surface area contributed by atoms with E-state index in [9.17, 15) is 4.79 Å². The highest BCUT2D eigenvalue weighted by atomic mass is 35.5. The zero-order valence-electron chi connectivity index (χ0n) is 13.7. The Bertz CT molecular complexity index is 1100. The van der Waals surface area contributed by atoms with E-state index in [4.69, 9.17) is 11.6 Å². The summed E-state index contributed by atoms with van der Waals surface area (Å²) in [6.07, 6.45) is 7.39. The molecule has 3 aromatic rings. The van der Waals surface area contributed by atoms with Gasteiger partial charge < -0.3 is 9.88 Å². The second-order valence-corrected chi connectivity index (χ2v) is 6.97. The molecule has 0 spiro atoms. The van der Waals surface area contributed by atoms with Crippen molar-refractivity contribution >= 4 is 39.2 Å². The third-order valence-corrected chi connectivity index (χ3v) is 4.71. The standard InChI is InChI=1S/C18H17ClN4O/c1-18(2)14(5-4-8-21-18)23-13-9-11(19)6-7-12(13)16-15(17(23)24)20-10-22(16)3/h4-10,21H,1-3H3. The van der Waals surface area contributed by atoms with Gasteiger partial charge in [0.05, 0.1) is 28.6 Å². The molecule has 1 N–H and O–H groups in total. The number of dihydropyridines is 1. The van der Waals surface area contributed by atoms with E-state index in [-0.39, 0.29) is 5.56 Å². The molecular formula is C18H17ClN4O. The van der Waals surface area contributed by atoms with Gasteiger partial charge in [-0.1, -0.05) is 11.6 Å². The van der Waals surface area contributed by atoms with Crippen molar-refractivity contribution in [1.29, 1.82) is 0 Å². The zero-order valence-corrected chi connectivity index (χ0v) is 14.4. The lowest BCUT2D eigenvalue weighted by Gasteiger charge is -2.32. The lowest BCUT2D eigenvalue weighted by molar-refractivity contribution is 0.543. The third-order valence-electron chi connectivity index (χ3n) is 4.47. The second-order valence-electron chi connectivity index (χ2n) is 6.54. The zero-order chi connectivity index (χ0) is 17.1. The number of halogens is 1. The molecule has 5 nitrogen and oxygen atoms in total. The average molecular weight is 341 g/mol. The van der Waals surface area contributed by atoms with Crippen LogP contribution in [0.25, 0.3) is 27.6 Å². The van der Waals surface area contributed by atoms with Crippen LogP contribution in [0.4, 0.5) is 0 Å². The lowest BCUT2D eigenvalue weighted by Crippen LogP contribution is -2.42. The minimum absolute atomic E-state index is 0.142. The molecule has 24 heavy (non-hydrogen) atoms. The largest absolute Gasteiger partial charge is 0.380 e. The Morgan fingerprint density at radius 2 is 2.08 bits per heavy atom. The van der Waals surface area contributed by atoms with Gasteiger partial charge in [-0.25, -0.2) is 4.98 Å². The summed E-state index contributed by atoms with van der Waals surface area (Å²) in [5.74, 6) is 0. The maximum Gasteiger partial charge on any atom is 0.283 e. The lowest BCUT2D eigenvalue weighted by atomic mass is 9.97. The molecule has 0 atom stereocenters. The molecule has 0 amide bonds. The van der Waals surface area contributed by atoms with Gasteiger partial charge in [0, 0.05) is 17.5 Å². The number of rotatable bonds is 1. The topological polar surface area (TPSA) is 51.9 Å². The van der Waals surface area contributed by atoms with Crippen LogP contribution in [-0.2, 0) is 7.05 Å². The first kappa shape index (κ1) is 15.0. The van der Waals surface area contributed by atoms with Crippen LogP contribution in [0.2, 0.25) is 5.02 Å². The van der Waals surface area contributed by atoms with E-state index < -0.39 is 5.54 Å². The third kappa shape index (κ3) is 2.01. The number of aryl methyl sites for hydroxylation is 1. The molecule has 4 rings (SSSR count). The van der Waals surface area contributed by atoms with Gasteiger partial charge in [0.2, 0.25) is 0 Å². The van der Waals surface area contributed by atoms with Gasteiger partial charge >= 0.3 is 0 Å². The van der Waals surface area contributed by atoms with E-state index in [1.165, 1.54) is 0 Å². The van der Waals surface area contributed by atoms with Crippen molar-refractivity contribution in [3.8, 4) is 0 Å². The van der Waals surface area contributed by atoms with Crippen LogP contribution in [0.15, 0.2) is 47.7 Å². The molecule has 0 bridgehead atoms. The van der Waals surface area contributed by atoms with E-state index in [0.717, 1.165) is 22.1 Å². The van der Waals surface area contributed by atoms with Crippen LogP contribution in [0.5, 0.6) is 0 Å². The van der Waals surface area contributed by atoms with E-state index >= 15 is 0 Å². The van der Waals surface area contributed by atoms with Crippen LogP contribution in [0, 0.1) is 0 Å². The monoisotopic (exact) mass is 340 g/mol. The number of hydrogen-bond acceptors (Lipinski definition) is 3. The molecule has 0 unspecified atom stereocenters. The first-order valence-electron chi connectivity index (χ1n) is 7.71. The van der Waals surface area contributed by atoms with Crippen LogP contribution in [-0.4, -0.2) is 19.7 Å². The van der Waals surface area contributed by atoms with Gasteiger partial charge in [-0.15, -0.1) is 0 Å². The Hall–Kier alpha value is -2.53. The second kappa shape index (κ2) is 4.98. The fourth-order valence-corrected chi connectivity index (χ4v) is 3.45. The van der Waals surface area contributed by atoms with Gasteiger partial charge in [-0.05, 0) is 50.4 Å². The number of aromatic nitrogens is 3. The maximum absolute atomic E-state index is 13.2. The highest BCUT2D eigenvalue weighted by Crippen LogP contribution is 2.30. The summed E-state index contributed by atoms with van der Waals surface area (Å²) in [6, 6.07) is 5.61. The number of fused-ring (bicyclic) bond motifs is 3. The van der Waals surface area contributed by atoms with Crippen molar-refractivity contribution in [2.24, 2.45) is 7.05 Å². The van der Waals surface area contributed by atoms with E-state index in [1.807, 2.05) is 62.0 Å². The van der Waals surface area contributed by atoms with Gasteiger partial charge in [0.25, 0.3) is 5.56 Å². The summed E-state index contributed by atoms with van der Waals surface area (Å²) in [5.41, 5.74) is 2.38.